The number of nitrogens with one attached hydrogen (secondary N) is 1. The van der Waals surface area contributed by atoms with Gasteiger partial charge in [-0.15, -0.1) is 11.8 Å². The van der Waals surface area contributed by atoms with Crippen molar-refractivity contribution in [3.8, 4) is 0 Å². The van der Waals surface area contributed by atoms with E-state index in [0.717, 1.165) is 4.90 Å². The van der Waals surface area contributed by atoms with E-state index in [2.05, 4.69) is 5.32 Å². The van der Waals surface area contributed by atoms with Gasteiger partial charge in [0.15, 0.2) is 0 Å². The summed E-state index contributed by atoms with van der Waals surface area (Å²) in [5, 5.41) is 22.0. The van der Waals surface area contributed by atoms with Crippen LogP contribution in [0.5, 0.6) is 0 Å². The average Bonchev–Trinajstić information content (AvgIpc) is 2.34. The predicted molar refractivity (Wildman–Crippen MR) is 68.9 cm³/mol. The summed E-state index contributed by atoms with van der Waals surface area (Å²) in [4.78, 5) is 21.6. The number of nitrogens with zero attached hydrogens (tertiary/aromatic N) is 1. The zero-order valence-corrected chi connectivity index (χ0v) is 10.6. The van der Waals surface area contributed by atoms with Gasteiger partial charge in [-0.3, -0.25) is 14.9 Å². The van der Waals surface area contributed by atoms with Crippen LogP contribution in [0.1, 0.15) is 6.42 Å². The first kappa shape index (κ1) is 14.5. The number of nitro benzene ring substituents is 1. The number of carboxylic acid groups (broad SMARTS) is 1. The van der Waals surface area contributed by atoms with Crippen molar-refractivity contribution >= 4 is 23.4 Å². The lowest BCUT2D eigenvalue weighted by atomic mass is 10.2. The third-order valence-electron chi connectivity index (χ3n) is 2.37. The van der Waals surface area contributed by atoms with E-state index in [4.69, 9.17) is 5.11 Å². The molecule has 0 amide bonds. The number of carbonyl (C=O) groups is 1. The van der Waals surface area contributed by atoms with Crippen molar-refractivity contribution < 1.29 is 14.8 Å². The molecule has 1 rings (SSSR count). The van der Waals surface area contributed by atoms with Crippen molar-refractivity contribution in [1.29, 1.82) is 0 Å². The number of aliphatic carboxylic acids is 1. The van der Waals surface area contributed by atoms with E-state index in [1.165, 1.54) is 23.9 Å². The molecule has 7 heteroatoms. The fourth-order valence-electron chi connectivity index (χ4n) is 1.35. The molecule has 0 heterocycles. The van der Waals surface area contributed by atoms with Crippen molar-refractivity contribution in [2.24, 2.45) is 0 Å². The monoisotopic (exact) mass is 270 g/mol. The molecular formula is C11H14N2O4S. The van der Waals surface area contributed by atoms with Gasteiger partial charge in [0.1, 0.15) is 6.04 Å². The summed E-state index contributed by atoms with van der Waals surface area (Å²) in [7, 11) is 1.61. The quantitative estimate of drug-likeness (QED) is 0.445. The van der Waals surface area contributed by atoms with Crippen molar-refractivity contribution in [2.75, 3.05) is 12.8 Å². The fourth-order valence-corrected chi connectivity index (χ4v) is 2.27. The second kappa shape index (κ2) is 6.97. The fraction of sp³-hybridized carbons (Fsp3) is 0.364. The molecule has 6 nitrogen and oxygen atoms in total. The zero-order chi connectivity index (χ0) is 13.5. The van der Waals surface area contributed by atoms with Crippen LogP contribution in [0.15, 0.2) is 29.2 Å². The number of hydrogen-bond donors (Lipinski definition) is 2. The molecule has 2 N–H and O–H groups in total. The Morgan fingerprint density at radius 3 is 2.56 bits per heavy atom. The number of rotatable bonds is 7. The highest BCUT2D eigenvalue weighted by molar-refractivity contribution is 7.99. The third-order valence-corrected chi connectivity index (χ3v) is 3.41. The molecule has 0 fully saturated rings. The van der Waals surface area contributed by atoms with Crippen molar-refractivity contribution in [2.45, 2.75) is 17.4 Å². The number of hydrogen-bond acceptors (Lipinski definition) is 5. The second-order valence-electron chi connectivity index (χ2n) is 3.57. The van der Waals surface area contributed by atoms with Gasteiger partial charge in [0, 0.05) is 22.8 Å². The van der Waals surface area contributed by atoms with E-state index in [9.17, 15) is 14.9 Å². The maximum absolute atomic E-state index is 10.7. The molecule has 0 radical (unpaired) electrons. The van der Waals surface area contributed by atoms with Crippen LogP contribution in [-0.4, -0.2) is 34.8 Å². The molecule has 0 spiro atoms. The van der Waals surface area contributed by atoms with Gasteiger partial charge in [-0.05, 0) is 25.6 Å². The molecule has 0 aliphatic heterocycles. The van der Waals surface area contributed by atoms with Crippen LogP contribution >= 0.6 is 11.8 Å². The Hall–Kier alpha value is -1.60. The summed E-state index contributed by atoms with van der Waals surface area (Å²) >= 11 is 1.48. The number of non-ortho nitro benzene ring substituents is 1. The minimum absolute atomic E-state index is 0.0537. The molecule has 1 atom stereocenters. The molecular weight excluding hydrogens is 256 g/mol. The molecule has 1 unspecified atom stereocenters. The summed E-state index contributed by atoms with van der Waals surface area (Å²) in [6, 6.07) is 5.65. The Balaban J connectivity index is 2.44. The highest BCUT2D eigenvalue weighted by Gasteiger charge is 2.14. The summed E-state index contributed by atoms with van der Waals surface area (Å²) in [5.74, 6) is -0.239. The van der Waals surface area contributed by atoms with E-state index in [-0.39, 0.29) is 5.69 Å². The largest absolute Gasteiger partial charge is 0.480 e. The maximum atomic E-state index is 10.7. The van der Waals surface area contributed by atoms with E-state index in [1.807, 2.05) is 0 Å². The Labute approximate surface area is 109 Å². The molecule has 98 valence electrons. The predicted octanol–water partition coefficient (Wildman–Crippen LogP) is 1.75. The lowest BCUT2D eigenvalue weighted by Gasteiger charge is -2.10. The Morgan fingerprint density at radius 2 is 2.11 bits per heavy atom. The van der Waals surface area contributed by atoms with Crippen LogP contribution in [0.3, 0.4) is 0 Å². The molecule has 0 saturated heterocycles. The molecule has 0 bridgehead atoms. The van der Waals surface area contributed by atoms with Gasteiger partial charge in [-0.25, -0.2) is 0 Å². The molecule has 1 aromatic rings. The number of carboxylic acids is 1. The van der Waals surface area contributed by atoms with Crippen LogP contribution in [0, 0.1) is 10.1 Å². The standard InChI is InChI=1S/C11H14N2O4S/c1-12-10(11(14)15)6-7-18-9-4-2-8(3-5-9)13(16)17/h2-5,10,12H,6-7H2,1H3,(H,14,15). The molecule has 18 heavy (non-hydrogen) atoms. The summed E-state index contributed by atoms with van der Waals surface area (Å²) in [6.07, 6.45) is 0.494. The van der Waals surface area contributed by atoms with Gasteiger partial charge < -0.3 is 10.4 Å². The zero-order valence-electron chi connectivity index (χ0n) is 9.83. The van der Waals surface area contributed by atoms with Gasteiger partial charge in [0.2, 0.25) is 0 Å². The Bertz CT molecular complexity index is 422. The summed E-state index contributed by atoms with van der Waals surface area (Å²) < 4.78 is 0. The summed E-state index contributed by atoms with van der Waals surface area (Å²) in [6.45, 7) is 0. The SMILES string of the molecule is CNC(CCSc1ccc([N+](=O)[O-])cc1)C(=O)O. The van der Waals surface area contributed by atoms with Crippen molar-refractivity contribution in [3.63, 3.8) is 0 Å². The lowest BCUT2D eigenvalue weighted by molar-refractivity contribution is -0.384. The smallest absolute Gasteiger partial charge is 0.320 e. The van der Waals surface area contributed by atoms with Crippen LogP contribution < -0.4 is 5.32 Å². The molecule has 0 aliphatic rings. The molecule has 0 saturated carbocycles. The minimum atomic E-state index is -0.873. The van der Waals surface area contributed by atoms with Gasteiger partial charge >= 0.3 is 5.97 Å². The maximum Gasteiger partial charge on any atom is 0.320 e. The van der Waals surface area contributed by atoms with Crippen molar-refractivity contribution in [1.82, 2.24) is 5.32 Å². The van der Waals surface area contributed by atoms with Crippen LogP contribution in [-0.2, 0) is 4.79 Å². The first-order valence-corrected chi connectivity index (χ1v) is 6.30. The number of nitro groups is 1. The molecule has 0 aliphatic carbocycles. The highest BCUT2D eigenvalue weighted by atomic mass is 32.2. The van der Waals surface area contributed by atoms with Crippen LogP contribution in [0.4, 0.5) is 5.69 Å². The van der Waals surface area contributed by atoms with E-state index in [1.54, 1.807) is 19.2 Å². The minimum Gasteiger partial charge on any atom is -0.480 e. The average molecular weight is 270 g/mol. The van der Waals surface area contributed by atoms with Crippen LogP contribution in [0.2, 0.25) is 0 Å². The Morgan fingerprint density at radius 1 is 1.50 bits per heavy atom. The highest BCUT2D eigenvalue weighted by Crippen LogP contribution is 2.22. The van der Waals surface area contributed by atoms with Gasteiger partial charge in [0.25, 0.3) is 5.69 Å². The first-order chi connectivity index (χ1) is 8.54. The summed E-state index contributed by atoms with van der Waals surface area (Å²) in [5.41, 5.74) is 0.0537. The Kier molecular flexibility index (Phi) is 5.60. The lowest BCUT2D eigenvalue weighted by Crippen LogP contribution is -2.34. The first-order valence-electron chi connectivity index (χ1n) is 5.32. The van der Waals surface area contributed by atoms with Crippen LogP contribution in [0.25, 0.3) is 0 Å². The number of thioether (sulfide) groups is 1. The topological polar surface area (TPSA) is 92.5 Å². The van der Waals surface area contributed by atoms with Crippen molar-refractivity contribution in [3.05, 3.63) is 34.4 Å². The van der Waals surface area contributed by atoms with Gasteiger partial charge in [-0.1, -0.05) is 0 Å². The molecule has 1 aromatic carbocycles. The number of benzene rings is 1. The van der Waals surface area contributed by atoms with Gasteiger partial charge in [-0.2, -0.15) is 0 Å². The van der Waals surface area contributed by atoms with E-state index >= 15 is 0 Å². The third kappa shape index (κ3) is 4.34. The molecule has 0 aromatic heterocycles. The van der Waals surface area contributed by atoms with E-state index < -0.39 is 16.9 Å². The normalized spacial score (nSPS) is 12.1. The number of likely N-dealkylation sites (N-methyl/N-ethyl adjacent to an activating group) is 1. The van der Waals surface area contributed by atoms with E-state index in [0.29, 0.717) is 12.2 Å². The van der Waals surface area contributed by atoms with Gasteiger partial charge in [0.05, 0.1) is 4.92 Å². The second-order valence-corrected chi connectivity index (χ2v) is 4.74.